The molecule has 3 aromatic heterocycles. The first-order chi connectivity index (χ1) is 8.72. The zero-order valence-electron chi connectivity index (χ0n) is 9.40. The summed E-state index contributed by atoms with van der Waals surface area (Å²) in [5, 5.41) is 4.24. The molecule has 0 fully saturated rings. The van der Waals surface area contributed by atoms with E-state index in [4.69, 9.17) is 11.6 Å². The van der Waals surface area contributed by atoms with Crippen LogP contribution in [0.25, 0.3) is 11.9 Å². The Morgan fingerprint density at radius 3 is 2.67 bits per heavy atom. The Hall–Kier alpha value is -2.28. The molecule has 0 aliphatic heterocycles. The van der Waals surface area contributed by atoms with Gasteiger partial charge in [-0.15, -0.1) is 0 Å². The van der Waals surface area contributed by atoms with Crippen molar-refractivity contribution in [3.05, 3.63) is 42.0 Å². The number of aryl methyl sites for hydroxylation is 1. The molecule has 0 radical (unpaired) electrons. The van der Waals surface area contributed by atoms with Crippen molar-refractivity contribution < 1.29 is 0 Å². The number of imidazole rings is 1. The van der Waals surface area contributed by atoms with Crippen LogP contribution in [0.1, 0.15) is 5.56 Å². The van der Waals surface area contributed by atoms with Crippen LogP contribution >= 0.6 is 11.6 Å². The standard InChI is InChI=1S/C10H8ClN7/c1-7-4-13-18(5-7)10-15-8(11)14-9(16-10)17-3-2-12-6-17/h2-6H,1H3. The van der Waals surface area contributed by atoms with Gasteiger partial charge in [-0.1, -0.05) is 0 Å². The summed E-state index contributed by atoms with van der Waals surface area (Å²) in [6.45, 7) is 1.93. The normalized spacial score (nSPS) is 10.8. The van der Waals surface area contributed by atoms with Gasteiger partial charge in [0.1, 0.15) is 6.33 Å². The number of rotatable bonds is 2. The topological polar surface area (TPSA) is 74.3 Å². The predicted octanol–water partition coefficient (Wildman–Crippen LogP) is 1.20. The van der Waals surface area contributed by atoms with E-state index in [-0.39, 0.29) is 5.28 Å². The maximum atomic E-state index is 5.89. The fourth-order valence-corrected chi connectivity index (χ4v) is 1.60. The second-order valence-corrected chi connectivity index (χ2v) is 3.97. The maximum Gasteiger partial charge on any atom is 0.256 e. The molecule has 3 heterocycles. The van der Waals surface area contributed by atoms with Crippen molar-refractivity contribution in [2.45, 2.75) is 6.92 Å². The monoisotopic (exact) mass is 261 g/mol. The minimum absolute atomic E-state index is 0.108. The van der Waals surface area contributed by atoms with Crippen molar-refractivity contribution in [2.75, 3.05) is 0 Å². The smallest absolute Gasteiger partial charge is 0.256 e. The van der Waals surface area contributed by atoms with E-state index in [0.29, 0.717) is 11.9 Å². The molecule has 18 heavy (non-hydrogen) atoms. The molecule has 0 aliphatic carbocycles. The fraction of sp³-hybridized carbons (Fsp3) is 0.100. The molecule has 0 N–H and O–H groups in total. The lowest BCUT2D eigenvalue weighted by Gasteiger charge is -2.03. The molecule has 8 heteroatoms. The summed E-state index contributed by atoms with van der Waals surface area (Å²) in [5.74, 6) is 0.766. The van der Waals surface area contributed by atoms with E-state index in [1.807, 2.05) is 13.1 Å². The molecule has 3 rings (SSSR count). The molecule has 0 spiro atoms. The van der Waals surface area contributed by atoms with Crippen molar-refractivity contribution in [2.24, 2.45) is 0 Å². The average molecular weight is 262 g/mol. The van der Waals surface area contributed by atoms with E-state index < -0.39 is 0 Å². The Morgan fingerprint density at radius 1 is 1.17 bits per heavy atom. The minimum atomic E-state index is 0.108. The van der Waals surface area contributed by atoms with E-state index in [0.717, 1.165) is 5.56 Å². The molecule has 7 nitrogen and oxygen atoms in total. The summed E-state index contributed by atoms with van der Waals surface area (Å²) in [7, 11) is 0. The molecule has 3 aromatic rings. The lowest BCUT2D eigenvalue weighted by atomic mass is 10.4. The molecule has 90 valence electrons. The molecule has 0 aliphatic rings. The van der Waals surface area contributed by atoms with Crippen LogP contribution in [0.4, 0.5) is 0 Å². The van der Waals surface area contributed by atoms with E-state index in [1.165, 1.54) is 0 Å². The van der Waals surface area contributed by atoms with Gasteiger partial charge in [-0.3, -0.25) is 4.57 Å². The second-order valence-electron chi connectivity index (χ2n) is 3.64. The van der Waals surface area contributed by atoms with Crippen molar-refractivity contribution in [3.8, 4) is 11.9 Å². The van der Waals surface area contributed by atoms with Crippen molar-refractivity contribution >= 4 is 11.6 Å². The Bertz CT molecular complexity index is 673. The van der Waals surface area contributed by atoms with E-state index >= 15 is 0 Å². The van der Waals surface area contributed by atoms with Crippen LogP contribution in [0, 0.1) is 6.92 Å². The Labute approximate surface area is 107 Å². The quantitative estimate of drug-likeness (QED) is 0.693. The molecule has 0 amide bonds. The molecule has 0 saturated carbocycles. The number of aromatic nitrogens is 7. The summed E-state index contributed by atoms with van der Waals surface area (Å²) in [4.78, 5) is 16.3. The van der Waals surface area contributed by atoms with Crippen LogP contribution in [0.5, 0.6) is 0 Å². The third-order valence-corrected chi connectivity index (χ3v) is 2.41. The van der Waals surface area contributed by atoms with Crippen molar-refractivity contribution in [1.82, 2.24) is 34.3 Å². The summed E-state index contributed by atoms with van der Waals surface area (Å²) >= 11 is 5.89. The van der Waals surface area contributed by atoms with Crippen LogP contribution < -0.4 is 0 Å². The molecule has 0 bridgehead atoms. The Kier molecular flexibility index (Phi) is 2.52. The van der Waals surface area contributed by atoms with Crippen molar-refractivity contribution in [1.29, 1.82) is 0 Å². The number of nitrogens with zero attached hydrogens (tertiary/aromatic N) is 7. The summed E-state index contributed by atoms with van der Waals surface area (Å²) in [6.07, 6.45) is 8.47. The largest absolute Gasteiger partial charge is 0.274 e. The van der Waals surface area contributed by atoms with E-state index in [2.05, 4.69) is 25.0 Å². The van der Waals surface area contributed by atoms with Gasteiger partial charge < -0.3 is 0 Å². The predicted molar refractivity (Wildman–Crippen MR) is 63.8 cm³/mol. The molecule has 0 saturated heterocycles. The SMILES string of the molecule is Cc1cnn(-c2nc(Cl)nc(-n3ccnc3)n2)c1. The van der Waals surface area contributed by atoms with Gasteiger partial charge in [-0.2, -0.15) is 20.1 Å². The molecule has 0 aromatic carbocycles. The maximum absolute atomic E-state index is 5.89. The highest BCUT2D eigenvalue weighted by Crippen LogP contribution is 2.09. The van der Waals surface area contributed by atoms with Crippen LogP contribution in [-0.4, -0.2) is 34.3 Å². The van der Waals surface area contributed by atoms with Gasteiger partial charge >= 0.3 is 0 Å². The van der Waals surface area contributed by atoms with Gasteiger partial charge in [0.15, 0.2) is 0 Å². The zero-order chi connectivity index (χ0) is 12.5. The van der Waals surface area contributed by atoms with Crippen LogP contribution in [0.15, 0.2) is 31.1 Å². The average Bonchev–Trinajstić information content (AvgIpc) is 2.98. The van der Waals surface area contributed by atoms with Crippen LogP contribution in [0.2, 0.25) is 5.28 Å². The Balaban J connectivity index is 2.11. The third-order valence-electron chi connectivity index (χ3n) is 2.24. The summed E-state index contributed by atoms with van der Waals surface area (Å²) < 4.78 is 3.19. The summed E-state index contributed by atoms with van der Waals surface area (Å²) in [5.41, 5.74) is 1.01. The first-order valence-corrected chi connectivity index (χ1v) is 5.52. The van der Waals surface area contributed by atoms with Gasteiger partial charge in [0.05, 0.1) is 6.20 Å². The second kappa shape index (κ2) is 4.19. The number of hydrogen-bond acceptors (Lipinski definition) is 5. The zero-order valence-corrected chi connectivity index (χ0v) is 10.2. The van der Waals surface area contributed by atoms with Gasteiger partial charge in [-0.05, 0) is 24.1 Å². The van der Waals surface area contributed by atoms with E-state index in [1.54, 1.807) is 34.2 Å². The van der Waals surface area contributed by atoms with E-state index in [9.17, 15) is 0 Å². The lowest BCUT2D eigenvalue weighted by Crippen LogP contribution is -2.08. The molecule has 0 unspecified atom stereocenters. The molecular formula is C10H8ClN7. The van der Waals surface area contributed by atoms with Gasteiger partial charge in [-0.25, -0.2) is 9.67 Å². The highest BCUT2D eigenvalue weighted by Gasteiger charge is 2.08. The fourth-order valence-electron chi connectivity index (χ4n) is 1.45. The van der Waals surface area contributed by atoms with Crippen LogP contribution in [0.3, 0.4) is 0 Å². The molecular weight excluding hydrogens is 254 g/mol. The minimum Gasteiger partial charge on any atom is -0.274 e. The lowest BCUT2D eigenvalue weighted by molar-refractivity contribution is 0.773. The Morgan fingerprint density at radius 2 is 2.00 bits per heavy atom. The van der Waals surface area contributed by atoms with Gasteiger partial charge in [0, 0.05) is 18.6 Å². The summed E-state index contributed by atoms with van der Waals surface area (Å²) in [6, 6.07) is 0. The first-order valence-electron chi connectivity index (χ1n) is 5.14. The van der Waals surface area contributed by atoms with Crippen LogP contribution in [-0.2, 0) is 0 Å². The van der Waals surface area contributed by atoms with Crippen molar-refractivity contribution in [3.63, 3.8) is 0 Å². The number of halogens is 1. The molecule has 0 atom stereocenters. The first kappa shape index (κ1) is 10.8. The highest BCUT2D eigenvalue weighted by molar-refractivity contribution is 6.28. The third kappa shape index (κ3) is 1.95. The highest BCUT2D eigenvalue weighted by atomic mass is 35.5. The van der Waals surface area contributed by atoms with Gasteiger partial charge in [0.2, 0.25) is 11.2 Å². The number of hydrogen-bond donors (Lipinski definition) is 0. The van der Waals surface area contributed by atoms with Gasteiger partial charge in [0.25, 0.3) is 5.95 Å².